The maximum atomic E-state index is 11.2. The number of rotatable bonds is 6. The summed E-state index contributed by atoms with van der Waals surface area (Å²) in [5, 5.41) is 15.2. The van der Waals surface area contributed by atoms with Crippen LogP contribution in [0.3, 0.4) is 0 Å². The quantitative estimate of drug-likeness (QED) is 0.430. The second kappa shape index (κ2) is 13.8. The van der Waals surface area contributed by atoms with E-state index in [1.165, 1.54) is 0 Å². The van der Waals surface area contributed by atoms with Gasteiger partial charge in [0, 0.05) is 11.1 Å². The van der Waals surface area contributed by atoms with Crippen LogP contribution in [0.1, 0.15) is 27.7 Å². The van der Waals surface area contributed by atoms with Gasteiger partial charge in [0.2, 0.25) is 0 Å². The highest BCUT2D eigenvalue weighted by molar-refractivity contribution is 5.88. The van der Waals surface area contributed by atoms with Crippen LogP contribution in [-0.2, 0) is 19.1 Å². The monoisotopic (exact) mass is 288 g/mol. The molecule has 0 rings (SSSR count). The van der Waals surface area contributed by atoms with Crippen LogP contribution in [0.4, 0.5) is 0 Å². The molecule has 0 aliphatic carbocycles. The van der Waals surface area contributed by atoms with E-state index in [0.717, 1.165) is 0 Å². The van der Waals surface area contributed by atoms with Crippen molar-refractivity contribution in [2.24, 2.45) is 0 Å². The minimum atomic E-state index is -0.388. The van der Waals surface area contributed by atoms with Crippen LogP contribution in [-0.4, -0.2) is 48.6 Å². The van der Waals surface area contributed by atoms with E-state index in [1.807, 2.05) is 0 Å². The Morgan fingerprint density at radius 1 is 0.850 bits per heavy atom. The van der Waals surface area contributed by atoms with Crippen molar-refractivity contribution in [2.45, 2.75) is 27.7 Å². The van der Waals surface area contributed by atoms with E-state index >= 15 is 0 Å². The molecular weight excluding hydrogens is 264 g/mol. The fraction of sp³-hybridized carbons (Fsp3) is 0.571. The first kappa shape index (κ1) is 20.7. The molecule has 20 heavy (non-hydrogen) atoms. The highest BCUT2D eigenvalue weighted by atomic mass is 16.6. The summed E-state index contributed by atoms with van der Waals surface area (Å²) in [7, 11) is 0. The van der Waals surface area contributed by atoms with Crippen LogP contribution in [0.2, 0.25) is 0 Å². The Hall–Kier alpha value is -1.66. The fourth-order valence-electron chi connectivity index (χ4n) is 0.732. The topological polar surface area (TPSA) is 93.1 Å². The van der Waals surface area contributed by atoms with Crippen molar-refractivity contribution >= 4 is 11.9 Å². The van der Waals surface area contributed by atoms with Gasteiger partial charge in [0.25, 0.3) is 0 Å². The Bertz CT molecular complexity index is 310. The first-order valence-electron chi connectivity index (χ1n) is 6.26. The predicted octanol–water partition coefficient (Wildman–Crippen LogP) is 0.976. The number of carbonyl (C=O) groups excluding carboxylic acids is 2. The molecule has 0 saturated carbocycles. The van der Waals surface area contributed by atoms with Gasteiger partial charge >= 0.3 is 11.9 Å². The van der Waals surface area contributed by atoms with E-state index in [9.17, 15) is 9.59 Å². The lowest BCUT2D eigenvalue weighted by Gasteiger charge is -2.06. The van der Waals surface area contributed by atoms with Crippen molar-refractivity contribution in [3.63, 3.8) is 0 Å². The van der Waals surface area contributed by atoms with Gasteiger partial charge in [0.15, 0.2) is 0 Å². The zero-order valence-corrected chi connectivity index (χ0v) is 12.5. The number of hydrogen-bond acceptors (Lipinski definition) is 6. The van der Waals surface area contributed by atoms with Crippen LogP contribution in [0.5, 0.6) is 0 Å². The Balaban J connectivity index is 0. The van der Waals surface area contributed by atoms with Gasteiger partial charge in [-0.25, -0.2) is 9.59 Å². The van der Waals surface area contributed by atoms with Gasteiger partial charge in [-0.15, -0.1) is 0 Å². The van der Waals surface area contributed by atoms with Crippen LogP contribution in [0.25, 0.3) is 0 Å². The summed E-state index contributed by atoms with van der Waals surface area (Å²) >= 11 is 0. The van der Waals surface area contributed by atoms with E-state index in [2.05, 4.69) is 0 Å². The lowest BCUT2D eigenvalue weighted by atomic mass is 10.3. The summed E-state index contributed by atoms with van der Waals surface area (Å²) in [5.41, 5.74) is 1.08. The standard InChI is InChI=1S/C12H18O4.C2H6O2/c1-5-9(3)11(13)15-7-8-16-12(14)10(4)6-2;3-1-2-4/h5-6H,7-8H2,1-4H3;3-4H,1-2H2/b9-5+,10-6+;. The number of aliphatic hydroxyl groups is 2. The molecular formula is C14H24O6. The SMILES string of the molecule is C/C=C(\C)C(=O)OCCOC(=O)/C(C)=C/C.OCCO. The largest absolute Gasteiger partial charge is 0.459 e. The van der Waals surface area contributed by atoms with Crippen LogP contribution < -0.4 is 0 Å². The van der Waals surface area contributed by atoms with Crippen LogP contribution in [0.15, 0.2) is 23.3 Å². The molecule has 0 unspecified atom stereocenters. The van der Waals surface area contributed by atoms with Crippen molar-refractivity contribution in [3.8, 4) is 0 Å². The van der Waals surface area contributed by atoms with Crippen LogP contribution in [0, 0.1) is 0 Å². The molecule has 2 N–H and O–H groups in total. The maximum Gasteiger partial charge on any atom is 0.333 e. The highest BCUT2D eigenvalue weighted by Crippen LogP contribution is 1.98. The Kier molecular flexibility index (Phi) is 14.2. The summed E-state index contributed by atoms with van der Waals surface area (Å²) < 4.78 is 9.71. The molecule has 6 nitrogen and oxygen atoms in total. The lowest BCUT2D eigenvalue weighted by Crippen LogP contribution is -2.14. The fourth-order valence-corrected chi connectivity index (χ4v) is 0.732. The summed E-state index contributed by atoms with van der Waals surface area (Å²) in [6, 6.07) is 0. The average Bonchev–Trinajstić information content (AvgIpc) is 2.49. The normalized spacial score (nSPS) is 11.3. The summed E-state index contributed by atoms with van der Waals surface area (Å²) in [6.07, 6.45) is 3.33. The van der Waals surface area contributed by atoms with E-state index in [1.54, 1.807) is 39.8 Å². The highest BCUT2D eigenvalue weighted by Gasteiger charge is 2.06. The second-order valence-electron chi connectivity index (χ2n) is 3.66. The summed E-state index contributed by atoms with van der Waals surface area (Å²) in [4.78, 5) is 22.3. The third-order valence-corrected chi connectivity index (χ3v) is 2.16. The van der Waals surface area contributed by atoms with Gasteiger partial charge in [0.1, 0.15) is 13.2 Å². The molecule has 0 bridgehead atoms. The predicted molar refractivity (Wildman–Crippen MR) is 75.0 cm³/mol. The molecule has 0 aliphatic rings. The first-order chi connectivity index (χ1) is 9.44. The molecule has 0 aromatic carbocycles. The molecule has 0 aliphatic heterocycles. The third kappa shape index (κ3) is 11.4. The maximum absolute atomic E-state index is 11.2. The van der Waals surface area contributed by atoms with Gasteiger partial charge in [-0.2, -0.15) is 0 Å². The van der Waals surface area contributed by atoms with Gasteiger partial charge in [0.05, 0.1) is 13.2 Å². The van der Waals surface area contributed by atoms with Crippen molar-refractivity contribution in [1.29, 1.82) is 0 Å². The van der Waals surface area contributed by atoms with Gasteiger partial charge in [-0.05, 0) is 27.7 Å². The molecule has 0 fully saturated rings. The minimum Gasteiger partial charge on any atom is -0.459 e. The summed E-state index contributed by atoms with van der Waals surface area (Å²) in [5.74, 6) is -0.775. The number of allylic oxidation sites excluding steroid dienone is 2. The van der Waals surface area contributed by atoms with Gasteiger partial charge < -0.3 is 19.7 Å². The zero-order valence-electron chi connectivity index (χ0n) is 12.5. The molecule has 0 radical (unpaired) electrons. The number of ether oxygens (including phenoxy) is 2. The van der Waals surface area contributed by atoms with Crippen LogP contribution >= 0.6 is 0 Å². The molecule has 0 aromatic heterocycles. The molecule has 0 amide bonds. The van der Waals surface area contributed by atoms with Crippen molar-refractivity contribution in [2.75, 3.05) is 26.4 Å². The number of hydrogen-bond donors (Lipinski definition) is 2. The number of esters is 2. The molecule has 0 atom stereocenters. The van der Waals surface area contributed by atoms with E-state index < -0.39 is 0 Å². The first-order valence-corrected chi connectivity index (χ1v) is 6.26. The Morgan fingerprint density at radius 2 is 1.15 bits per heavy atom. The number of aliphatic hydroxyl groups excluding tert-OH is 2. The molecule has 0 aromatic rings. The van der Waals surface area contributed by atoms with Crippen molar-refractivity contribution in [3.05, 3.63) is 23.3 Å². The van der Waals surface area contributed by atoms with Gasteiger partial charge in [-0.3, -0.25) is 0 Å². The average molecular weight is 288 g/mol. The third-order valence-electron chi connectivity index (χ3n) is 2.16. The zero-order chi connectivity index (χ0) is 16.0. The molecule has 0 heterocycles. The lowest BCUT2D eigenvalue weighted by molar-refractivity contribution is -0.147. The molecule has 0 spiro atoms. The minimum absolute atomic E-state index is 0.0761. The number of carbonyl (C=O) groups is 2. The van der Waals surface area contributed by atoms with E-state index in [0.29, 0.717) is 11.1 Å². The van der Waals surface area contributed by atoms with Crippen molar-refractivity contribution < 1.29 is 29.3 Å². The van der Waals surface area contributed by atoms with Gasteiger partial charge in [-0.1, -0.05) is 12.2 Å². The molecule has 6 heteroatoms. The molecule has 116 valence electrons. The summed E-state index contributed by atoms with van der Waals surface area (Å²) in [6.45, 7) is 6.74. The Morgan fingerprint density at radius 3 is 1.35 bits per heavy atom. The van der Waals surface area contributed by atoms with Crippen molar-refractivity contribution in [1.82, 2.24) is 0 Å². The molecule has 0 saturated heterocycles. The van der Waals surface area contributed by atoms with E-state index in [4.69, 9.17) is 19.7 Å². The smallest absolute Gasteiger partial charge is 0.333 e. The second-order valence-corrected chi connectivity index (χ2v) is 3.66. The Labute approximate surface area is 119 Å². The van der Waals surface area contributed by atoms with E-state index in [-0.39, 0.29) is 38.4 Å².